The van der Waals surface area contributed by atoms with Crippen LogP contribution in [0.5, 0.6) is 0 Å². The third kappa shape index (κ3) is 4.09. The lowest BCUT2D eigenvalue weighted by Crippen LogP contribution is -2.52. The number of nitrogens with one attached hydrogen (secondary N) is 1. The van der Waals surface area contributed by atoms with Crippen molar-refractivity contribution in [3.63, 3.8) is 0 Å². The van der Waals surface area contributed by atoms with Crippen LogP contribution in [-0.4, -0.2) is 35.9 Å². The summed E-state index contributed by atoms with van der Waals surface area (Å²) >= 11 is 14.2. The van der Waals surface area contributed by atoms with E-state index >= 15 is 0 Å². The number of fused-ring (bicyclic) bond motifs is 1. The molecule has 0 radical (unpaired) electrons. The Morgan fingerprint density at radius 1 is 1.07 bits per heavy atom. The molecule has 28 heavy (non-hydrogen) atoms. The van der Waals surface area contributed by atoms with Gasteiger partial charge in [0.2, 0.25) is 0 Å². The van der Waals surface area contributed by atoms with Gasteiger partial charge in [-0.1, -0.05) is 60.8 Å². The van der Waals surface area contributed by atoms with E-state index in [1.165, 1.54) is 18.4 Å². The summed E-state index contributed by atoms with van der Waals surface area (Å²) in [5, 5.41) is 5.44. The molecule has 2 aliphatic rings. The minimum atomic E-state index is -0.0686. The Morgan fingerprint density at radius 3 is 2.36 bits per heavy atom. The van der Waals surface area contributed by atoms with Crippen LogP contribution < -0.4 is 5.32 Å². The van der Waals surface area contributed by atoms with Crippen molar-refractivity contribution in [2.75, 3.05) is 25.4 Å². The van der Waals surface area contributed by atoms with Crippen LogP contribution in [0.3, 0.4) is 0 Å². The van der Waals surface area contributed by atoms with E-state index in [0.717, 1.165) is 41.1 Å². The molecule has 0 amide bonds. The second-order valence-corrected chi connectivity index (χ2v) is 9.53. The van der Waals surface area contributed by atoms with Crippen LogP contribution in [0.15, 0.2) is 48.5 Å². The summed E-state index contributed by atoms with van der Waals surface area (Å²) in [6.45, 7) is 4.95. The Bertz CT molecular complexity index is 727. The summed E-state index contributed by atoms with van der Waals surface area (Å²) in [5.41, 5.74) is 2.42. The maximum absolute atomic E-state index is 6.39. The molecule has 2 aromatic rings. The lowest BCUT2D eigenvalue weighted by molar-refractivity contribution is 0.0185. The van der Waals surface area contributed by atoms with Crippen LogP contribution >= 0.6 is 35.0 Å². The summed E-state index contributed by atoms with van der Waals surface area (Å²) < 4.78 is 6.39. The highest BCUT2D eigenvalue weighted by molar-refractivity contribution is 7.99. The van der Waals surface area contributed by atoms with Crippen LogP contribution in [0.2, 0.25) is 10.0 Å². The van der Waals surface area contributed by atoms with Gasteiger partial charge in [0.25, 0.3) is 0 Å². The second-order valence-electron chi connectivity index (χ2n) is 7.59. The third-order valence-electron chi connectivity index (χ3n) is 5.54. The van der Waals surface area contributed by atoms with Gasteiger partial charge < -0.3 is 10.1 Å². The predicted octanol–water partition coefficient (Wildman–Crippen LogP) is 5.90. The first kappa shape index (κ1) is 20.5. The maximum Gasteiger partial charge on any atom is 0.138 e. The molecule has 2 aromatic carbocycles. The highest BCUT2D eigenvalue weighted by Gasteiger charge is 2.55. The van der Waals surface area contributed by atoms with Gasteiger partial charge in [0.1, 0.15) is 6.23 Å². The van der Waals surface area contributed by atoms with Crippen LogP contribution in [0.1, 0.15) is 42.5 Å². The van der Waals surface area contributed by atoms with Crippen molar-refractivity contribution in [3.8, 4) is 0 Å². The van der Waals surface area contributed by atoms with Crippen LogP contribution in [0.4, 0.5) is 0 Å². The van der Waals surface area contributed by atoms with Crippen molar-refractivity contribution in [3.05, 3.63) is 69.7 Å². The zero-order chi connectivity index (χ0) is 19.6. The molecule has 2 saturated heterocycles. The first-order valence-electron chi connectivity index (χ1n) is 9.86. The van der Waals surface area contributed by atoms with E-state index in [1.54, 1.807) is 0 Å². The number of thioether (sulfide) groups is 1. The molecular formula is C22H26Cl2N2OS. The Morgan fingerprint density at radius 2 is 1.71 bits per heavy atom. The number of hydrogen-bond donors (Lipinski definition) is 1. The minimum absolute atomic E-state index is 0.00693. The van der Waals surface area contributed by atoms with Gasteiger partial charge in [-0.3, -0.25) is 0 Å². The molecule has 0 unspecified atom stereocenters. The monoisotopic (exact) mass is 436 g/mol. The molecule has 3 atom stereocenters. The lowest BCUT2D eigenvalue weighted by Gasteiger charge is -2.36. The van der Waals surface area contributed by atoms with E-state index in [1.807, 2.05) is 36.0 Å². The molecule has 0 bridgehead atoms. The number of nitrogens with zero attached hydrogens (tertiary/aromatic N) is 1. The summed E-state index contributed by atoms with van der Waals surface area (Å²) in [6, 6.07) is 16.3. The molecule has 2 fully saturated rings. The first-order valence-corrected chi connectivity index (χ1v) is 11.7. The molecule has 0 saturated carbocycles. The van der Waals surface area contributed by atoms with Gasteiger partial charge in [-0.05, 0) is 48.4 Å². The van der Waals surface area contributed by atoms with Crippen molar-refractivity contribution < 1.29 is 4.74 Å². The molecule has 3 nitrogen and oxygen atoms in total. The van der Waals surface area contributed by atoms with E-state index in [-0.39, 0.29) is 17.1 Å². The van der Waals surface area contributed by atoms with Gasteiger partial charge in [-0.15, -0.1) is 11.8 Å². The fourth-order valence-corrected chi connectivity index (χ4v) is 5.92. The number of halogens is 2. The van der Waals surface area contributed by atoms with Gasteiger partial charge in [-0.25, -0.2) is 4.90 Å². The van der Waals surface area contributed by atoms with Crippen molar-refractivity contribution in [1.82, 2.24) is 10.2 Å². The Hall–Kier alpha value is -0.750. The largest absolute Gasteiger partial charge is 0.357 e. The molecule has 6 heteroatoms. The van der Waals surface area contributed by atoms with Crippen LogP contribution in [0, 0.1) is 0 Å². The van der Waals surface area contributed by atoms with E-state index in [4.69, 9.17) is 27.9 Å². The first-order chi connectivity index (χ1) is 13.6. The van der Waals surface area contributed by atoms with E-state index in [9.17, 15) is 0 Å². The van der Waals surface area contributed by atoms with Gasteiger partial charge in [0.05, 0.1) is 17.5 Å². The molecular weight excluding hydrogens is 411 g/mol. The minimum Gasteiger partial charge on any atom is -0.357 e. The summed E-state index contributed by atoms with van der Waals surface area (Å²) in [6.07, 6.45) is 2.34. The highest BCUT2D eigenvalue weighted by atomic mass is 35.5. The van der Waals surface area contributed by atoms with Gasteiger partial charge in [0.15, 0.2) is 0 Å². The smallest absolute Gasteiger partial charge is 0.138 e. The average Bonchev–Trinajstić information content (AvgIpc) is 3.24. The van der Waals surface area contributed by atoms with Crippen LogP contribution in [-0.2, 0) is 4.74 Å². The van der Waals surface area contributed by atoms with Gasteiger partial charge in [0, 0.05) is 22.3 Å². The standard InChI is InChI=1S/C22H26Cl2N2OS/c1-2-3-12-25-13-22-14-27-20(16-4-8-18(23)9-5-16)26(22)21(28-15-22)17-6-10-19(24)11-7-17/h4-11,20-21,25H,2-3,12-15H2,1H3/t20-,21-,22+/m1/s1. The second kappa shape index (κ2) is 8.95. The van der Waals surface area contributed by atoms with Crippen molar-refractivity contribution in [2.45, 2.75) is 36.9 Å². The van der Waals surface area contributed by atoms with Crippen molar-refractivity contribution >= 4 is 35.0 Å². The van der Waals surface area contributed by atoms with E-state index < -0.39 is 0 Å². The Labute approximate surface area is 181 Å². The molecule has 0 aliphatic carbocycles. The van der Waals surface area contributed by atoms with Crippen molar-refractivity contribution in [1.29, 1.82) is 0 Å². The quantitative estimate of drug-likeness (QED) is 0.546. The van der Waals surface area contributed by atoms with E-state index in [2.05, 4.69) is 41.4 Å². The number of hydrogen-bond acceptors (Lipinski definition) is 4. The highest BCUT2D eigenvalue weighted by Crippen LogP contribution is 2.54. The average molecular weight is 437 g/mol. The lowest BCUT2D eigenvalue weighted by atomic mass is 9.99. The maximum atomic E-state index is 6.39. The Kier molecular flexibility index (Phi) is 6.56. The molecule has 0 spiro atoms. The zero-order valence-electron chi connectivity index (χ0n) is 16.0. The van der Waals surface area contributed by atoms with Crippen molar-refractivity contribution in [2.24, 2.45) is 0 Å². The third-order valence-corrected chi connectivity index (χ3v) is 7.57. The van der Waals surface area contributed by atoms with Crippen LogP contribution in [0.25, 0.3) is 0 Å². The molecule has 150 valence electrons. The Balaban J connectivity index is 1.63. The number of rotatable bonds is 7. The topological polar surface area (TPSA) is 24.5 Å². The number of unbranched alkanes of at least 4 members (excludes halogenated alkanes) is 1. The zero-order valence-corrected chi connectivity index (χ0v) is 18.4. The van der Waals surface area contributed by atoms with E-state index in [0.29, 0.717) is 0 Å². The number of benzene rings is 2. The van der Waals surface area contributed by atoms with Gasteiger partial charge in [-0.2, -0.15) is 0 Å². The normalized spacial score (nSPS) is 27.2. The molecule has 4 rings (SSSR count). The molecule has 1 N–H and O–H groups in total. The number of ether oxygens (including phenoxy) is 1. The summed E-state index contributed by atoms with van der Waals surface area (Å²) in [5.74, 6) is 1.05. The SMILES string of the molecule is CCCCNC[C@@]12CO[C@H](c3ccc(Cl)cc3)N1[C@@H](c1ccc(Cl)cc1)SC2. The molecule has 2 aliphatic heterocycles. The summed E-state index contributed by atoms with van der Waals surface area (Å²) in [7, 11) is 0. The molecule has 0 aromatic heterocycles. The predicted molar refractivity (Wildman–Crippen MR) is 119 cm³/mol. The fourth-order valence-electron chi connectivity index (χ4n) is 4.02. The fraction of sp³-hybridized carbons (Fsp3) is 0.455. The molecule has 2 heterocycles. The van der Waals surface area contributed by atoms with Gasteiger partial charge >= 0.3 is 0 Å². The summed E-state index contributed by atoms with van der Waals surface area (Å²) in [4.78, 5) is 2.56.